The second kappa shape index (κ2) is 7.80. The maximum absolute atomic E-state index is 12.2. The summed E-state index contributed by atoms with van der Waals surface area (Å²) in [6, 6.07) is 14.9. The Labute approximate surface area is 158 Å². The molecule has 3 aromatic rings. The first kappa shape index (κ1) is 18.9. The van der Waals surface area contributed by atoms with Crippen LogP contribution in [0.3, 0.4) is 0 Å². The van der Waals surface area contributed by atoms with Crippen LogP contribution in [-0.4, -0.2) is 24.7 Å². The van der Waals surface area contributed by atoms with Gasteiger partial charge in [-0.3, -0.25) is 0 Å². The quantitative estimate of drug-likeness (QED) is 0.689. The zero-order chi connectivity index (χ0) is 19.4. The van der Waals surface area contributed by atoms with Crippen LogP contribution < -0.4 is 10.6 Å². The van der Waals surface area contributed by atoms with Gasteiger partial charge in [0.1, 0.15) is 5.52 Å². The Morgan fingerprint density at radius 1 is 1.19 bits per heavy atom. The van der Waals surface area contributed by atoms with Gasteiger partial charge < -0.3 is 19.8 Å². The lowest BCUT2D eigenvalue weighted by Gasteiger charge is -2.16. The number of hydrogen-bond donors (Lipinski definition) is 2. The van der Waals surface area contributed by atoms with Gasteiger partial charge in [0.25, 0.3) is 0 Å². The van der Waals surface area contributed by atoms with Crippen LogP contribution in [0.5, 0.6) is 0 Å². The van der Waals surface area contributed by atoms with Crippen LogP contribution in [0, 0.1) is 0 Å². The van der Waals surface area contributed by atoms with E-state index in [1.165, 1.54) is 0 Å². The Hall–Kier alpha value is -2.86. The molecule has 0 aliphatic carbocycles. The summed E-state index contributed by atoms with van der Waals surface area (Å²) in [4.78, 5) is 16.8. The van der Waals surface area contributed by atoms with E-state index in [-0.39, 0.29) is 17.6 Å². The highest BCUT2D eigenvalue weighted by molar-refractivity contribution is 5.91. The van der Waals surface area contributed by atoms with Crippen LogP contribution in [-0.2, 0) is 10.2 Å². The molecule has 0 saturated carbocycles. The van der Waals surface area contributed by atoms with Gasteiger partial charge >= 0.3 is 6.03 Å². The van der Waals surface area contributed by atoms with E-state index in [0.717, 1.165) is 11.1 Å². The van der Waals surface area contributed by atoms with Gasteiger partial charge in [-0.2, -0.15) is 0 Å². The van der Waals surface area contributed by atoms with Gasteiger partial charge in [-0.05, 0) is 23.8 Å². The molecule has 6 heteroatoms. The molecule has 0 radical (unpaired) electrons. The van der Waals surface area contributed by atoms with Crippen molar-refractivity contribution in [2.24, 2.45) is 0 Å². The summed E-state index contributed by atoms with van der Waals surface area (Å²) in [5.41, 5.74) is 2.92. The lowest BCUT2D eigenvalue weighted by Crippen LogP contribution is -2.32. The molecular formula is C21H25N3O3. The molecule has 2 N–H and O–H groups in total. The number of anilines is 1. The summed E-state index contributed by atoms with van der Waals surface area (Å²) < 4.78 is 11.2. The number of ether oxygens (including phenoxy) is 1. The number of rotatable bonds is 5. The minimum atomic E-state index is -0.299. The van der Waals surface area contributed by atoms with Gasteiger partial charge in [-0.1, -0.05) is 51.1 Å². The number of amides is 2. The van der Waals surface area contributed by atoms with E-state index in [0.29, 0.717) is 23.7 Å². The highest BCUT2D eigenvalue weighted by Crippen LogP contribution is 2.27. The standard InChI is InChI=1S/C21H25N3O3/c1-21(2,3)19-24-16-12-15(10-11-17(16)27-19)23-20(25)22-13-18(26-4)14-8-6-5-7-9-14/h5-12,18H,13H2,1-4H3,(H2,22,23,25). The Morgan fingerprint density at radius 3 is 2.59 bits per heavy atom. The van der Waals surface area contributed by atoms with Crippen molar-refractivity contribution < 1.29 is 13.9 Å². The number of carbonyl (C=O) groups is 1. The summed E-state index contributed by atoms with van der Waals surface area (Å²) in [5.74, 6) is 0.671. The topological polar surface area (TPSA) is 76.4 Å². The van der Waals surface area contributed by atoms with E-state index < -0.39 is 0 Å². The van der Waals surface area contributed by atoms with Crippen molar-refractivity contribution in [1.82, 2.24) is 10.3 Å². The number of hydrogen-bond acceptors (Lipinski definition) is 4. The molecule has 2 aromatic carbocycles. The third kappa shape index (κ3) is 4.65. The molecule has 6 nitrogen and oxygen atoms in total. The van der Waals surface area contributed by atoms with E-state index in [1.807, 2.05) is 57.2 Å². The number of oxazole rings is 1. The molecular weight excluding hydrogens is 342 g/mol. The molecule has 1 aromatic heterocycles. The van der Waals surface area contributed by atoms with Crippen LogP contribution in [0.15, 0.2) is 52.9 Å². The Bertz CT molecular complexity index is 913. The van der Waals surface area contributed by atoms with Crippen LogP contribution in [0.1, 0.15) is 38.3 Å². The molecule has 142 valence electrons. The summed E-state index contributed by atoms with van der Waals surface area (Å²) in [6.07, 6.45) is -0.204. The van der Waals surface area contributed by atoms with Crippen LogP contribution in [0.25, 0.3) is 11.1 Å². The van der Waals surface area contributed by atoms with Gasteiger partial charge in [0, 0.05) is 24.8 Å². The van der Waals surface area contributed by atoms with E-state index in [9.17, 15) is 4.79 Å². The molecule has 0 aliphatic heterocycles. The zero-order valence-electron chi connectivity index (χ0n) is 16.1. The van der Waals surface area contributed by atoms with Gasteiger partial charge in [-0.15, -0.1) is 0 Å². The largest absolute Gasteiger partial charge is 0.440 e. The second-order valence-electron chi connectivity index (χ2n) is 7.42. The van der Waals surface area contributed by atoms with Crippen molar-refractivity contribution in [3.05, 3.63) is 60.0 Å². The maximum atomic E-state index is 12.2. The van der Waals surface area contributed by atoms with Gasteiger partial charge in [0.15, 0.2) is 5.58 Å². The predicted octanol–water partition coefficient (Wildman–Crippen LogP) is 4.63. The lowest BCUT2D eigenvalue weighted by molar-refractivity contribution is 0.104. The van der Waals surface area contributed by atoms with Gasteiger partial charge in [0.05, 0.1) is 6.10 Å². The minimum Gasteiger partial charge on any atom is -0.440 e. The molecule has 1 heterocycles. The van der Waals surface area contributed by atoms with Crippen LogP contribution in [0.4, 0.5) is 10.5 Å². The van der Waals surface area contributed by atoms with E-state index >= 15 is 0 Å². The maximum Gasteiger partial charge on any atom is 0.319 e. The number of aromatic nitrogens is 1. The monoisotopic (exact) mass is 367 g/mol. The molecule has 0 fully saturated rings. The molecule has 27 heavy (non-hydrogen) atoms. The first-order chi connectivity index (χ1) is 12.9. The van der Waals surface area contributed by atoms with Crippen LogP contribution >= 0.6 is 0 Å². The fourth-order valence-corrected chi connectivity index (χ4v) is 2.69. The van der Waals surface area contributed by atoms with Crippen molar-refractivity contribution >= 4 is 22.8 Å². The molecule has 3 rings (SSSR count). The van der Waals surface area contributed by atoms with Crippen LogP contribution in [0.2, 0.25) is 0 Å². The fraction of sp³-hybridized carbons (Fsp3) is 0.333. The Balaban J connectivity index is 1.63. The van der Waals surface area contributed by atoms with E-state index in [2.05, 4.69) is 15.6 Å². The first-order valence-electron chi connectivity index (χ1n) is 8.90. The molecule has 0 bridgehead atoms. The number of urea groups is 1. The molecule has 0 spiro atoms. The number of fused-ring (bicyclic) bond motifs is 1. The zero-order valence-corrected chi connectivity index (χ0v) is 16.1. The molecule has 0 aliphatic rings. The summed E-state index contributed by atoms with van der Waals surface area (Å²) >= 11 is 0. The average Bonchev–Trinajstić information content (AvgIpc) is 3.07. The van der Waals surface area contributed by atoms with E-state index in [1.54, 1.807) is 19.2 Å². The van der Waals surface area contributed by atoms with Crippen molar-refractivity contribution in [3.63, 3.8) is 0 Å². The van der Waals surface area contributed by atoms with E-state index in [4.69, 9.17) is 9.15 Å². The lowest BCUT2D eigenvalue weighted by atomic mass is 9.97. The highest BCUT2D eigenvalue weighted by Gasteiger charge is 2.21. The summed E-state index contributed by atoms with van der Waals surface area (Å²) in [6.45, 7) is 6.50. The number of carbonyl (C=O) groups excluding carboxylic acids is 1. The third-order valence-corrected chi connectivity index (χ3v) is 4.19. The van der Waals surface area contributed by atoms with Gasteiger partial charge in [-0.25, -0.2) is 9.78 Å². The van der Waals surface area contributed by atoms with Gasteiger partial charge in [0.2, 0.25) is 5.89 Å². The number of benzene rings is 2. The molecule has 0 saturated heterocycles. The number of nitrogens with one attached hydrogen (secondary N) is 2. The number of methoxy groups -OCH3 is 1. The minimum absolute atomic E-state index is 0.170. The fourth-order valence-electron chi connectivity index (χ4n) is 2.69. The Morgan fingerprint density at radius 2 is 1.93 bits per heavy atom. The summed E-state index contributed by atoms with van der Waals surface area (Å²) in [5, 5.41) is 5.66. The first-order valence-corrected chi connectivity index (χ1v) is 8.90. The predicted molar refractivity (Wildman–Crippen MR) is 106 cm³/mol. The SMILES string of the molecule is COC(CNC(=O)Nc1ccc2oc(C(C)(C)C)nc2c1)c1ccccc1. The molecule has 1 unspecified atom stereocenters. The van der Waals surface area contributed by atoms with Crippen molar-refractivity contribution in [3.8, 4) is 0 Å². The second-order valence-corrected chi connectivity index (χ2v) is 7.42. The van der Waals surface area contributed by atoms with Crippen molar-refractivity contribution in [2.75, 3.05) is 19.0 Å². The Kier molecular flexibility index (Phi) is 5.46. The smallest absolute Gasteiger partial charge is 0.319 e. The molecule has 2 amide bonds. The summed E-state index contributed by atoms with van der Waals surface area (Å²) in [7, 11) is 1.63. The van der Waals surface area contributed by atoms with Crippen molar-refractivity contribution in [2.45, 2.75) is 32.3 Å². The number of nitrogens with zero attached hydrogens (tertiary/aromatic N) is 1. The average molecular weight is 367 g/mol. The highest BCUT2D eigenvalue weighted by atomic mass is 16.5. The third-order valence-electron chi connectivity index (χ3n) is 4.19. The molecule has 1 atom stereocenters. The van der Waals surface area contributed by atoms with Crippen molar-refractivity contribution in [1.29, 1.82) is 0 Å². The normalized spacial score (nSPS) is 12.7.